The van der Waals surface area contributed by atoms with Crippen LogP contribution in [-0.2, 0) is 0 Å². The van der Waals surface area contributed by atoms with Crippen molar-refractivity contribution in [3.05, 3.63) is 35.4 Å². The zero-order chi connectivity index (χ0) is 9.68. The second kappa shape index (κ2) is 4.90. The molecule has 0 aliphatic heterocycles. The minimum Gasteiger partial charge on any atom is -0.497 e. The van der Waals surface area contributed by atoms with E-state index >= 15 is 0 Å². The van der Waals surface area contributed by atoms with Crippen LogP contribution >= 0.6 is 11.6 Å². The highest BCUT2D eigenvalue weighted by atomic mass is 35.5. The van der Waals surface area contributed by atoms with Crippen molar-refractivity contribution >= 4 is 17.2 Å². The predicted octanol–water partition coefficient (Wildman–Crippen LogP) is 2.27. The molecular formula is C10H11ClO2. The summed E-state index contributed by atoms with van der Waals surface area (Å²) in [5.74, 6) is 0.788. The van der Waals surface area contributed by atoms with Crippen molar-refractivity contribution in [2.24, 2.45) is 0 Å². The molecule has 1 rings (SSSR count). The molecule has 2 nitrogen and oxygen atoms in total. The number of hydrogen-bond acceptors (Lipinski definition) is 2. The molecule has 3 heteroatoms. The van der Waals surface area contributed by atoms with Crippen LogP contribution in [0.15, 0.2) is 29.8 Å². The Bertz CT molecular complexity index is 290. The van der Waals surface area contributed by atoms with E-state index in [1.165, 1.54) is 5.54 Å². The lowest BCUT2D eigenvalue weighted by Gasteiger charge is -2.04. The summed E-state index contributed by atoms with van der Waals surface area (Å²) < 4.78 is 5.00. The van der Waals surface area contributed by atoms with Gasteiger partial charge in [-0.15, -0.1) is 0 Å². The molecule has 0 aliphatic rings. The molecule has 1 aromatic carbocycles. The monoisotopic (exact) mass is 198 g/mol. The third kappa shape index (κ3) is 2.47. The third-order valence-electron chi connectivity index (χ3n) is 1.76. The fourth-order valence-corrected chi connectivity index (χ4v) is 1.19. The van der Waals surface area contributed by atoms with Crippen molar-refractivity contribution < 1.29 is 9.84 Å². The largest absolute Gasteiger partial charge is 0.497 e. The summed E-state index contributed by atoms with van der Waals surface area (Å²) in [5, 5.41) is 8.92. The standard InChI is InChI=1S/C10H11ClO2/c1-13-10-4-2-8(3-5-10)9(6-11)7-12/h2-6,12H,7H2,1H3/b9-6+. The molecule has 0 amide bonds. The van der Waals surface area contributed by atoms with Gasteiger partial charge in [0.2, 0.25) is 0 Å². The Morgan fingerprint density at radius 1 is 1.46 bits per heavy atom. The fourth-order valence-electron chi connectivity index (χ4n) is 0.994. The van der Waals surface area contributed by atoms with E-state index in [4.69, 9.17) is 21.4 Å². The maximum atomic E-state index is 8.92. The van der Waals surface area contributed by atoms with Crippen molar-refractivity contribution in [2.75, 3.05) is 13.7 Å². The van der Waals surface area contributed by atoms with Crippen LogP contribution in [0.3, 0.4) is 0 Å². The average Bonchev–Trinajstić information content (AvgIpc) is 2.21. The number of hydrogen-bond donors (Lipinski definition) is 1. The van der Waals surface area contributed by atoms with Gasteiger partial charge in [-0.2, -0.15) is 0 Å². The summed E-state index contributed by atoms with van der Waals surface area (Å²) in [5.41, 5.74) is 2.98. The minimum atomic E-state index is -0.0597. The summed E-state index contributed by atoms with van der Waals surface area (Å²) in [7, 11) is 1.61. The Labute approximate surface area is 82.4 Å². The van der Waals surface area contributed by atoms with Gasteiger partial charge in [-0.05, 0) is 23.3 Å². The zero-order valence-corrected chi connectivity index (χ0v) is 8.08. The molecule has 0 unspecified atom stereocenters. The average molecular weight is 199 g/mol. The van der Waals surface area contributed by atoms with Crippen molar-refractivity contribution in [1.29, 1.82) is 0 Å². The number of aliphatic hydroxyl groups is 1. The number of rotatable bonds is 3. The molecule has 0 aliphatic carbocycles. The van der Waals surface area contributed by atoms with Gasteiger partial charge in [-0.3, -0.25) is 0 Å². The summed E-state index contributed by atoms with van der Waals surface area (Å²) in [6.45, 7) is -0.0597. The molecule has 0 heterocycles. The summed E-state index contributed by atoms with van der Waals surface area (Å²) >= 11 is 5.52. The second-order valence-corrected chi connectivity index (χ2v) is 2.74. The number of ether oxygens (including phenoxy) is 1. The molecule has 13 heavy (non-hydrogen) atoms. The van der Waals surface area contributed by atoms with Crippen molar-refractivity contribution in [3.8, 4) is 5.75 Å². The van der Waals surface area contributed by atoms with E-state index in [0.29, 0.717) is 5.57 Å². The zero-order valence-electron chi connectivity index (χ0n) is 7.33. The van der Waals surface area contributed by atoms with Gasteiger partial charge in [0.1, 0.15) is 5.75 Å². The molecule has 1 aromatic rings. The molecule has 70 valence electrons. The summed E-state index contributed by atoms with van der Waals surface area (Å²) in [6, 6.07) is 7.35. The first-order valence-corrected chi connectivity index (χ1v) is 4.30. The lowest BCUT2D eigenvalue weighted by molar-refractivity contribution is 0.350. The molecule has 0 saturated heterocycles. The number of halogens is 1. The van der Waals surface area contributed by atoms with Crippen LogP contribution in [0.5, 0.6) is 5.75 Å². The minimum absolute atomic E-state index is 0.0597. The molecule has 0 radical (unpaired) electrons. The molecule has 0 saturated carbocycles. The maximum Gasteiger partial charge on any atom is 0.118 e. The van der Waals surface area contributed by atoms with Gasteiger partial charge < -0.3 is 9.84 Å². The van der Waals surface area contributed by atoms with Gasteiger partial charge in [-0.1, -0.05) is 23.7 Å². The highest BCUT2D eigenvalue weighted by Crippen LogP contribution is 2.18. The van der Waals surface area contributed by atoms with E-state index in [1.54, 1.807) is 7.11 Å². The number of benzene rings is 1. The molecule has 0 spiro atoms. The van der Waals surface area contributed by atoms with Gasteiger partial charge in [0.25, 0.3) is 0 Å². The number of methoxy groups -OCH3 is 1. The van der Waals surface area contributed by atoms with E-state index in [-0.39, 0.29) is 6.61 Å². The first-order valence-electron chi connectivity index (χ1n) is 3.86. The maximum absolute atomic E-state index is 8.92. The van der Waals surface area contributed by atoms with Crippen molar-refractivity contribution in [2.45, 2.75) is 0 Å². The van der Waals surface area contributed by atoms with Gasteiger partial charge in [0.15, 0.2) is 0 Å². The van der Waals surface area contributed by atoms with Crippen LogP contribution in [0.25, 0.3) is 5.57 Å². The first-order chi connectivity index (χ1) is 6.31. The second-order valence-electron chi connectivity index (χ2n) is 2.52. The summed E-state index contributed by atoms with van der Waals surface area (Å²) in [4.78, 5) is 0. The van der Waals surface area contributed by atoms with Crippen molar-refractivity contribution in [1.82, 2.24) is 0 Å². The molecule has 0 aromatic heterocycles. The SMILES string of the molecule is COc1ccc(/C(=C/Cl)CO)cc1. The van der Waals surface area contributed by atoms with E-state index in [2.05, 4.69) is 0 Å². The first kappa shape index (κ1) is 10.1. The van der Waals surface area contributed by atoms with E-state index in [1.807, 2.05) is 24.3 Å². The van der Waals surface area contributed by atoms with Crippen molar-refractivity contribution in [3.63, 3.8) is 0 Å². The lowest BCUT2D eigenvalue weighted by Crippen LogP contribution is -1.89. The Morgan fingerprint density at radius 2 is 2.08 bits per heavy atom. The third-order valence-corrected chi connectivity index (χ3v) is 2.03. The smallest absolute Gasteiger partial charge is 0.118 e. The molecule has 0 atom stereocenters. The van der Waals surface area contributed by atoms with Crippen LogP contribution in [-0.4, -0.2) is 18.8 Å². The molecule has 0 fully saturated rings. The van der Waals surface area contributed by atoms with Gasteiger partial charge >= 0.3 is 0 Å². The van der Waals surface area contributed by atoms with Crippen LogP contribution in [0.2, 0.25) is 0 Å². The summed E-state index contributed by atoms with van der Waals surface area (Å²) in [6.07, 6.45) is 0. The van der Waals surface area contributed by atoms with E-state index in [9.17, 15) is 0 Å². The molecule has 1 N–H and O–H groups in total. The van der Waals surface area contributed by atoms with Crippen LogP contribution in [0.4, 0.5) is 0 Å². The quantitative estimate of drug-likeness (QED) is 0.808. The highest BCUT2D eigenvalue weighted by Gasteiger charge is 1.99. The Balaban J connectivity index is 2.91. The normalized spacial score (nSPS) is 11.5. The van der Waals surface area contributed by atoms with E-state index < -0.39 is 0 Å². The predicted molar refractivity (Wildman–Crippen MR) is 53.9 cm³/mol. The van der Waals surface area contributed by atoms with Gasteiger partial charge in [0.05, 0.1) is 13.7 Å². The Morgan fingerprint density at radius 3 is 2.46 bits per heavy atom. The van der Waals surface area contributed by atoms with Gasteiger partial charge in [0, 0.05) is 5.54 Å². The van der Waals surface area contributed by atoms with Crippen LogP contribution in [0, 0.1) is 0 Å². The molecular weight excluding hydrogens is 188 g/mol. The van der Waals surface area contributed by atoms with Crippen LogP contribution < -0.4 is 4.74 Å². The molecule has 0 bridgehead atoms. The highest BCUT2D eigenvalue weighted by molar-refractivity contribution is 6.28. The van der Waals surface area contributed by atoms with Gasteiger partial charge in [-0.25, -0.2) is 0 Å². The van der Waals surface area contributed by atoms with Crippen LogP contribution in [0.1, 0.15) is 5.56 Å². The lowest BCUT2D eigenvalue weighted by atomic mass is 10.1. The Kier molecular flexibility index (Phi) is 3.80. The Hall–Kier alpha value is -0.990. The topological polar surface area (TPSA) is 29.5 Å². The fraction of sp³-hybridized carbons (Fsp3) is 0.200. The van der Waals surface area contributed by atoms with E-state index in [0.717, 1.165) is 11.3 Å². The number of aliphatic hydroxyl groups excluding tert-OH is 1.